The lowest BCUT2D eigenvalue weighted by molar-refractivity contribution is 0.593. The molecule has 0 aliphatic rings. The van der Waals surface area contributed by atoms with Crippen LogP contribution in [0.3, 0.4) is 0 Å². The fraction of sp³-hybridized carbons (Fsp3) is 0.583. The molecule has 1 atom stereocenters. The summed E-state index contributed by atoms with van der Waals surface area (Å²) in [4.78, 5) is 16.0. The van der Waals surface area contributed by atoms with Crippen LogP contribution in [0, 0.1) is 5.92 Å². The molecule has 2 aromatic rings. The molecule has 0 aromatic carbocycles. The van der Waals surface area contributed by atoms with E-state index in [2.05, 4.69) is 44.4 Å². The van der Waals surface area contributed by atoms with Crippen molar-refractivity contribution in [2.75, 3.05) is 23.7 Å². The van der Waals surface area contributed by atoms with Crippen molar-refractivity contribution >= 4 is 22.9 Å². The van der Waals surface area contributed by atoms with E-state index in [9.17, 15) is 0 Å². The summed E-state index contributed by atoms with van der Waals surface area (Å²) in [5.74, 6) is 2.04. The zero-order chi connectivity index (χ0) is 13.0. The average molecular weight is 248 g/mol. The van der Waals surface area contributed by atoms with Gasteiger partial charge in [-0.3, -0.25) is 0 Å². The Hall–Kier alpha value is -1.85. The Kier molecular flexibility index (Phi) is 3.96. The summed E-state index contributed by atoms with van der Waals surface area (Å²) in [6, 6.07) is 0. The van der Waals surface area contributed by atoms with E-state index >= 15 is 0 Å². The van der Waals surface area contributed by atoms with E-state index in [-0.39, 0.29) is 0 Å². The number of imidazole rings is 1. The summed E-state index contributed by atoms with van der Waals surface area (Å²) >= 11 is 0. The fourth-order valence-electron chi connectivity index (χ4n) is 1.61. The van der Waals surface area contributed by atoms with E-state index in [0.29, 0.717) is 17.5 Å². The summed E-state index contributed by atoms with van der Waals surface area (Å²) in [6.45, 7) is 8.10. The highest BCUT2D eigenvalue weighted by molar-refractivity contribution is 5.83. The summed E-state index contributed by atoms with van der Waals surface area (Å²) in [6.07, 6.45) is 2.79. The number of aromatic nitrogens is 4. The molecular weight excluding hydrogens is 228 g/mol. The SMILES string of the molecule is CCNc1nc(NCC(C)CC)c2[nH]cnc2n1. The number of hydrogen-bond donors (Lipinski definition) is 3. The molecule has 0 radical (unpaired) electrons. The third-order valence-corrected chi connectivity index (χ3v) is 2.94. The molecule has 2 heterocycles. The smallest absolute Gasteiger partial charge is 0.226 e. The van der Waals surface area contributed by atoms with Crippen molar-refractivity contribution in [3.05, 3.63) is 6.33 Å². The highest BCUT2D eigenvalue weighted by Crippen LogP contribution is 2.19. The Morgan fingerprint density at radius 3 is 2.83 bits per heavy atom. The van der Waals surface area contributed by atoms with E-state index in [1.807, 2.05) is 6.92 Å². The molecule has 0 saturated heterocycles. The molecule has 2 rings (SSSR count). The molecule has 0 bridgehead atoms. The molecule has 0 fully saturated rings. The Bertz CT molecular complexity index is 506. The van der Waals surface area contributed by atoms with Crippen LogP contribution < -0.4 is 10.6 Å². The maximum atomic E-state index is 4.46. The highest BCUT2D eigenvalue weighted by atomic mass is 15.2. The van der Waals surface area contributed by atoms with Crippen LogP contribution in [0.4, 0.5) is 11.8 Å². The number of aromatic amines is 1. The summed E-state index contributed by atoms with van der Waals surface area (Å²) < 4.78 is 0. The van der Waals surface area contributed by atoms with Crippen molar-refractivity contribution < 1.29 is 0 Å². The lowest BCUT2D eigenvalue weighted by Gasteiger charge is -2.12. The number of hydrogen-bond acceptors (Lipinski definition) is 5. The first-order valence-electron chi connectivity index (χ1n) is 6.43. The predicted molar refractivity (Wildman–Crippen MR) is 73.8 cm³/mol. The molecule has 1 unspecified atom stereocenters. The Morgan fingerprint density at radius 1 is 1.28 bits per heavy atom. The van der Waals surface area contributed by atoms with E-state index in [4.69, 9.17) is 0 Å². The molecule has 6 heteroatoms. The van der Waals surface area contributed by atoms with Crippen molar-refractivity contribution in [1.82, 2.24) is 19.9 Å². The molecule has 0 aliphatic heterocycles. The molecule has 0 amide bonds. The van der Waals surface area contributed by atoms with Gasteiger partial charge in [-0.25, -0.2) is 4.98 Å². The van der Waals surface area contributed by atoms with Crippen LogP contribution in [-0.2, 0) is 0 Å². The van der Waals surface area contributed by atoms with Gasteiger partial charge in [-0.05, 0) is 12.8 Å². The lowest BCUT2D eigenvalue weighted by Crippen LogP contribution is -2.13. The van der Waals surface area contributed by atoms with Crippen LogP contribution in [0.1, 0.15) is 27.2 Å². The van der Waals surface area contributed by atoms with Crippen molar-refractivity contribution in [2.45, 2.75) is 27.2 Å². The zero-order valence-corrected chi connectivity index (χ0v) is 11.1. The molecule has 0 aliphatic carbocycles. The summed E-state index contributed by atoms with van der Waals surface area (Å²) in [7, 11) is 0. The Labute approximate surface area is 107 Å². The third-order valence-electron chi connectivity index (χ3n) is 2.94. The quantitative estimate of drug-likeness (QED) is 0.730. The van der Waals surface area contributed by atoms with Gasteiger partial charge in [0.1, 0.15) is 5.52 Å². The first kappa shape index (κ1) is 12.6. The van der Waals surface area contributed by atoms with Crippen molar-refractivity contribution in [2.24, 2.45) is 5.92 Å². The van der Waals surface area contributed by atoms with Gasteiger partial charge in [-0.1, -0.05) is 20.3 Å². The maximum Gasteiger partial charge on any atom is 0.226 e. The minimum atomic E-state index is 0.612. The number of nitrogens with zero attached hydrogens (tertiary/aromatic N) is 3. The van der Waals surface area contributed by atoms with Gasteiger partial charge in [0, 0.05) is 13.1 Å². The molecule has 0 saturated carbocycles. The van der Waals surface area contributed by atoms with Gasteiger partial charge in [0.25, 0.3) is 0 Å². The van der Waals surface area contributed by atoms with Gasteiger partial charge < -0.3 is 15.6 Å². The molecule has 98 valence electrons. The number of anilines is 2. The number of H-pyrrole nitrogens is 1. The van der Waals surface area contributed by atoms with Crippen molar-refractivity contribution in [3.8, 4) is 0 Å². The second kappa shape index (κ2) is 5.66. The normalized spacial score (nSPS) is 12.6. The summed E-state index contributed by atoms with van der Waals surface area (Å²) in [5, 5.41) is 6.48. The van der Waals surface area contributed by atoms with Crippen LogP contribution >= 0.6 is 0 Å². The van der Waals surface area contributed by atoms with Crippen LogP contribution in [-0.4, -0.2) is 33.0 Å². The maximum absolute atomic E-state index is 4.46. The zero-order valence-electron chi connectivity index (χ0n) is 11.1. The summed E-state index contributed by atoms with van der Waals surface area (Å²) in [5.41, 5.74) is 1.55. The van der Waals surface area contributed by atoms with Crippen LogP contribution in [0.15, 0.2) is 6.33 Å². The predicted octanol–water partition coefficient (Wildman–Crippen LogP) is 2.24. The van der Waals surface area contributed by atoms with Gasteiger partial charge in [-0.15, -0.1) is 0 Å². The van der Waals surface area contributed by atoms with Crippen molar-refractivity contribution in [1.29, 1.82) is 0 Å². The molecule has 2 aromatic heterocycles. The minimum absolute atomic E-state index is 0.612. The third kappa shape index (κ3) is 2.69. The van der Waals surface area contributed by atoms with Gasteiger partial charge in [0.15, 0.2) is 11.5 Å². The number of fused-ring (bicyclic) bond motifs is 1. The van der Waals surface area contributed by atoms with E-state index in [1.165, 1.54) is 0 Å². The average Bonchev–Trinajstić information content (AvgIpc) is 2.84. The highest BCUT2D eigenvalue weighted by Gasteiger charge is 2.10. The molecule has 6 nitrogen and oxygen atoms in total. The van der Waals surface area contributed by atoms with Crippen LogP contribution in [0.25, 0.3) is 11.2 Å². The first-order chi connectivity index (χ1) is 8.74. The second-order valence-electron chi connectivity index (χ2n) is 4.42. The van der Waals surface area contributed by atoms with Crippen LogP contribution in [0.2, 0.25) is 0 Å². The minimum Gasteiger partial charge on any atom is -0.368 e. The fourth-order valence-corrected chi connectivity index (χ4v) is 1.61. The molecule has 18 heavy (non-hydrogen) atoms. The molecule has 0 spiro atoms. The lowest BCUT2D eigenvalue weighted by atomic mass is 10.1. The standard InChI is InChI=1S/C12H20N6/c1-4-8(3)6-14-10-9-11(16-7-15-9)18-12(17-10)13-5-2/h7-8H,4-6H2,1-3H3,(H3,13,14,15,16,17,18). The van der Waals surface area contributed by atoms with Gasteiger partial charge in [0.2, 0.25) is 5.95 Å². The Morgan fingerprint density at radius 2 is 2.11 bits per heavy atom. The largest absolute Gasteiger partial charge is 0.368 e. The van der Waals surface area contributed by atoms with Crippen LogP contribution in [0.5, 0.6) is 0 Å². The molecule has 3 N–H and O–H groups in total. The topological polar surface area (TPSA) is 78.5 Å². The van der Waals surface area contributed by atoms with Gasteiger partial charge in [-0.2, -0.15) is 9.97 Å². The number of nitrogens with one attached hydrogen (secondary N) is 3. The second-order valence-corrected chi connectivity index (χ2v) is 4.42. The van der Waals surface area contributed by atoms with Crippen molar-refractivity contribution in [3.63, 3.8) is 0 Å². The van der Waals surface area contributed by atoms with Gasteiger partial charge >= 0.3 is 0 Å². The monoisotopic (exact) mass is 248 g/mol. The first-order valence-corrected chi connectivity index (χ1v) is 6.43. The van der Waals surface area contributed by atoms with E-state index < -0.39 is 0 Å². The van der Waals surface area contributed by atoms with E-state index in [0.717, 1.165) is 30.8 Å². The van der Waals surface area contributed by atoms with Gasteiger partial charge in [0.05, 0.1) is 6.33 Å². The Balaban J connectivity index is 2.25. The molecular formula is C12H20N6. The number of rotatable bonds is 6. The van der Waals surface area contributed by atoms with E-state index in [1.54, 1.807) is 6.33 Å².